The number of aromatic nitrogens is 1. The predicted octanol–water partition coefficient (Wildman–Crippen LogP) is 2.60. The highest BCUT2D eigenvalue weighted by atomic mass is 35.5. The molecule has 1 aromatic carbocycles. The Kier molecular flexibility index (Phi) is 5.13. The van der Waals surface area contributed by atoms with Crippen LogP contribution < -0.4 is 10.2 Å². The van der Waals surface area contributed by atoms with Crippen molar-refractivity contribution in [2.45, 2.75) is 6.54 Å². The van der Waals surface area contributed by atoms with Crippen LogP contribution in [0.1, 0.15) is 4.88 Å². The van der Waals surface area contributed by atoms with E-state index in [2.05, 4.69) is 10.3 Å². The van der Waals surface area contributed by atoms with Crippen LogP contribution in [0.2, 0.25) is 5.02 Å². The summed E-state index contributed by atoms with van der Waals surface area (Å²) in [6.45, 7) is -0.158. The second kappa shape index (κ2) is 7.05. The van der Waals surface area contributed by atoms with E-state index < -0.39 is 18.5 Å². The topological polar surface area (TPSA) is 82.5 Å². The lowest BCUT2D eigenvalue weighted by Crippen LogP contribution is -2.42. The minimum Gasteiger partial charge on any atom is -0.480 e. The van der Waals surface area contributed by atoms with Gasteiger partial charge in [-0.15, -0.1) is 11.3 Å². The molecule has 0 saturated heterocycles. The molecule has 0 fully saturated rings. The fourth-order valence-electron chi connectivity index (χ4n) is 1.65. The Balaban J connectivity index is 2.11. The molecule has 2 rings (SSSR count). The van der Waals surface area contributed by atoms with Crippen molar-refractivity contribution >= 4 is 40.6 Å². The van der Waals surface area contributed by atoms with E-state index in [4.69, 9.17) is 16.7 Å². The van der Waals surface area contributed by atoms with E-state index in [-0.39, 0.29) is 0 Å². The molecule has 0 spiro atoms. The highest BCUT2D eigenvalue weighted by Gasteiger charge is 2.19. The van der Waals surface area contributed by atoms with Gasteiger partial charge in [0.1, 0.15) is 6.54 Å². The van der Waals surface area contributed by atoms with Gasteiger partial charge in [-0.3, -0.25) is 14.7 Å². The van der Waals surface area contributed by atoms with Gasteiger partial charge in [-0.1, -0.05) is 17.7 Å². The SMILES string of the molecule is O=C(O)CN(C(=O)NCc1cncs1)c1cccc(Cl)c1. The van der Waals surface area contributed by atoms with Gasteiger partial charge in [0, 0.05) is 21.8 Å². The Labute approximate surface area is 130 Å². The predicted molar refractivity (Wildman–Crippen MR) is 80.8 cm³/mol. The van der Waals surface area contributed by atoms with Gasteiger partial charge in [-0.2, -0.15) is 0 Å². The second-order valence-electron chi connectivity index (χ2n) is 4.09. The number of halogens is 1. The van der Waals surface area contributed by atoms with E-state index in [9.17, 15) is 9.59 Å². The average Bonchev–Trinajstić information content (AvgIpc) is 2.95. The number of carbonyl (C=O) groups is 2. The van der Waals surface area contributed by atoms with Crippen LogP contribution in [0.25, 0.3) is 0 Å². The first-order chi connectivity index (χ1) is 10.1. The molecular formula is C13H12ClN3O3S. The molecule has 0 aliphatic carbocycles. The summed E-state index contributed by atoms with van der Waals surface area (Å²) in [7, 11) is 0. The number of benzene rings is 1. The van der Waals surface area contributed by atoms with E-state index in [1.807, 2.05) is 0 Å². The number of hydrogen-bond acceptors (Lipinski definition) is 4. The fourth-order valence-corrected chi connectivity index (χ4v) is 2.37. The fraction of sp³-hybridized carbons (Fsp3) is 0.154. The molecule has 1 heterocycles. The summed E-state index contributed by atoms with van der Waals surface area (Å²) in [6, 6.07) is 5.97. The van der Waals surface area contributed by atoms with Crippen LogP contribution >= 0.6 is 22.9 Å². The summed E-state index contributed by atoms with van der Waals surface area (Å²) in [5.41, 5.74) is 2.08. The van der Waals surface area contributed by atoms with Gasteiger partial charge in [0.15, 0.2) is 0 Å². The standard InChI is InChI=1S/C13H12ClN3O3S/c14-9-2-1-3-10(4-9)17(7-12(18)19)13(20)16-6-11-5-15-8-21-11/h1-5,8H,6-7H2,(H,16,20)(H,18,19). The molecule has 0 aliphatic heterocycles. The molecular weight excluding hydrogens is 314 g/mol. The van der Waals surface area contributed by atoms with Gasteiger partial charge in [0.2, 0.25) is 0 Å². The monoisotopic (exact) mass is 325 g/mol. The van der Waals surface area contributed by atoms with Crippen molar-refractivity contribution in [3.63, 3.8) is 0 Å². The average molecular weight is 326 g/mol. The summed E-state index contributed by atoms with van der Waals surface area (Å²) >= 11 is 7.28. The number of rotatable bonds is 5. The third-order valence-electron chi connectivity index (χ3n) is 2.56. The number of carbonyl (C=O) groups excluding carboxylic acids is 1. The normalized spacial score (nSPS) is 10.1. The van der Waals surface area contributed by atoms with Gasteiger partial charge in [-0.25, -0.2) is 4.79 Å². The van der Waals surface area contributed by atoms with Crippen LogP contribution in [0.4, 0.5) is 10.5 Å². The Morgan fingerprint density at radius 1 is 1.43 bits per heavy atom. The van der Waals surface area contributed by atoms with Crippen molar-refractivity contribution in [1.29, 1.82) is 0 Å². The van der Waals surface area contributed by atoms with Crippen LogP contribution in [0, 0.1) is 0 Å². The zero-order chi connectivity index (χ0) is 15.2. The first-order valence-electron chi connectivity index (χ1n) is 5.96. The minimum atomic E-state index is -1.11. The number of aliphatic carboxylic acids is 1. The number of nitrogens with one attached hydrogen (secondary N) is 1. The molecule has 0 bridgehead atoms. The number of nitrogens with zero attached hydrogens (tertiary/aromatic N) is 2. The van der Waals surface area contributed by atoms with E-state index in [1.165, 1.54) is 17.4 Å². The second-order valence-corrected chi connectivity index (χ2v) is 5.49. The molecule has 2 aromatic rings. The van der Waals surface area contributed by atoms with Crippen LogP contribution in [0.5, 0.6) is 0 Å². The largest absolute Gasteiger partial charge is 0.480 e. The molecule has 110 valence electrons. The van der Waals surface area contributed by atoms with Gasteiger partial charge >= 0.3 is 12.0 Å². The zero-order valence-corrected chi connectivity index (χ0v) is 12.4. The molecule has 0 radical (unpaired) electrons. The lowest BCUT2D eigenvalue weighted by molar-refractivity contribution is -0.135. The summed E-state index contributed by atoms with van der Waals surface area (Å²) < 4.78 is 0. The third-order valence-corrected chi connectivity index (χ3v) is 3.57. The maximum atomic E-state index is 12.2. The van der Waals surface area contributed by atoms with Gasteiger partial charge in [0.05, 0.1) is 12.1 Å². The molecule has 0 aliphatic rings. The first-order valence-corrected chi connectivity index (χ1v) is 7.22. The van der Waals surface area contributed by atoms with E-state index in [0.717, 1.165) is 9.78 Å². The molecule has 0 unspecified atom stereocenters. The van der Waals surface area contributed by atoms with Crippen LogP contribution in [-0.4, -0.2) is 28.6 Å². The maximum Gasteiger partial charge on any atom is 0.323 e. The summed E-state index contributed by atoms with van der Waals surface area (Å²) in [5.74, 6) is -1.11. The van der Waals surface area contributed by atoms with Crippen molar-refractivity contribution in [2.75, 3.05) is 11.4 Å². The molecule has 6 nitrogen and oxygen atoms in total. The molecule has 21 heavy (non-hydrogen) atoms. The number of urea groups is 1. The lowest BCUT2D eigenvalue weighted by atomic mass is 10.3. The summed E-state index contributed by atoms with van der Waals surface area (Å²) in [6.07, 6.45) is 1.64. The Hall–Kier alpha value is -2.12. The molecule has 0 atom stereocenters. The Morgan fingerprint density at radius 3 is 2.86 bits per heavy atom. The molecule has 2 N–H and O–H groups in total. The van der Waals surface area contributed by atoms with Gasteiger partial charge in [0.25, 0.3) is 0 Å². The minimum absolute atomic E-state index is 0.292. The van der Waals surface area contributed by atoms with Crippen molar-refractivity contribution in [3.8, 4) is 0 Å². The molecule has 1 aromatic heterocycles. The number of carboxylic acid groups (broad SMARTS) is 1. The van der Waals surface area contributed by atoms with E-state index in [1.54, 1.807) is 29.9 Å². The lowest BCUT2D eigenvalue weighted by Gasteiger charge is -2.21. The number of hydrogen-bond donors (Lipinski definition) is 2. The Bertz CT molecular complexity index is 633. The quantitative estimate of drug-likeness (QED) is 0.885. The number of thiazole rings is 1. The molecule has 2 amide bonds. The maximum absolute atomic E-state index is 12.2. The molecule has 8 heteroatoms. The number of anilines is 1. The van der Waals surface area contributed by atoms with Crippen LogP contribution in [0.3, 0.4) is 0 Å². The smallest absolute Gasteiger partial charge is 0.323 e. The number of amides is 2. The van der Waals surface area contributed by atoms with Crippen molar-refractivity contribution in [1.82, 2.24) is 10.3 Å². The van der Waals surface area contributed by atoms with E-state index >= 15 is 0 Å². The summed E-state index contributed by atoms with van der Waals surface area (Å²) in [5, 5.41) is 12.0. The zero-order valence-electron chi connectivity index (χ0n) is 10.8. The Morgan fingerprint density at radius 2 is 2.24 bits per heavy atom. The van der Waals surface area contributed by atoms with Crippen molar-refractivity contribution < 1.29 is 14.7 Å². The van der Waals surface area contributed by atoms with Gasteiger partial charge < -0.3 is 10.4 Å². The van der Waals surface area contributed by atoms with Crippen molar-refractivity contribution in [2.24, 2.45) is 0 Å². The van der Waals surface area contributed by atoms with Crippen LogP contribution in [-0.2, 0) is 11.3 Å². The highest BCUT2D eigenvalue weighted by molar-refractivity contribution is 7.09. The van der Waals surface area contributed by atoms with Crippen molar-refractivity contribution in [3.05, 3.63) is 45.9 Å². The number of carboxylic acids is 1. The summed E-state index contributed by atoms with van der Waals surface area (Å²) in [4.78, 5) is 29.0. The van der Waals surface area contributed by atoms with Gasteiger partial charge in [-0.05, 0) is 18.2 Å². The highest BCUT2D eigenvalue weighted by Crippen LogP contribution is 2.19. The van der Waals surface area contributed by atoms with E-state index in [0.29, 0.717) is 17.3 Å². The van der Waals surface area contributed by atoms with Crippen LogP contribution in [0.15, 0.2) is 36.0 Å². The first kappa shape index (κ1) is 15.3. The third kappa shape index (κ3) is 4.44. The molecule has 0 saturated carbocycles.